The molecular formula is C19H26N2O3. The molecule has 5 nitrogen and oxygen atoms in total. The fraction of sp³-hybridized carbons (Fsp3) is 0.526. The van der Waals surface area contributed by atoms with Gasteiger partial charge in [0.1, 0.15) is 17.3 Å². The Bertz CT molecular complexity index is 696. The average Bonchev–Trinajstić information content (AvgIpc) is 3.20. The van der Waals surface area contributed by atoms with Gasteiger partial charge in [-0.15, -0.1) is 0 Å². The summed E-state index contributed by atoms with van der Waals surface area (Å²) >= 11 is 0. The number of hydrogen-bond acceptors (Lipinski definition) is 5. The monoisotopic (exact) mass is 330 g/mol. The Balaban J connectivity index is 1.88. The first-order valence-corrected chi connectivity index (χ1v) is 8.57. The molecule has 0 aliphatic carbocycles. The molecule has 0 bridgehead atoms. The van der Waals surface area contributed by atoms with Crippen molar-refractivity contribution in [2.45, 2.75) is 45.7 Å². The van der Waals surface area contributed by atoms with E-state index in [2.05, 4.69) is 23.0 Å². The van der Waals surface area contributed by atoms with Crippen LogP contribution < -0.4 is 9.47 Å². The van der Waals surface area contributed by atoms with Crippen molar-refractivity contribution in [1.82, 2.24) is 10.1 Å². The van der Waals surface area contributed by atoms with Crippen LogP contribution in [0.5, 0.6) is 11.5 Å². The van der Waals surface area contributed by atoms with Crippen LogP contribution in [0.25, 0.3) is 0 Å². The minimum atomic E-state index is 0.363. The summed E-state index contributed by atoms with van der Waals surface area (Å²) in [5, 5.41) is 4.19. The minimum Gasteiger partial charge on any atom is -0.497 e. The minimum absolute atomic E-state index is 0.363. The highest BCUT2D eigenvalue weighted by Gasteiger charge is 2.31. The molecule has 24 heavy (non-hydrogen) atoms. The van der Waals surface area contributed by atoms with Crippen molar-refractivity contribution in [3.63, 3.8) is 0 Å². The van der Waals surface area contributed by atoms with Gasteiger partial charge in [0.25, 0.3) is 0 Å². The Kier molecular flexibility index (Phi) is 5.09. The van der Waals surface area contributed by atoms with Crippen LogP contribution in [0, 0.1) is 6.92 Å². The van der Waals surface area contributed by atoms with E-state index in [0.29, 0.717) is 6.04 Å². The molecule has 2 heterocycles. The Morgan fingerprint density at radius 1 is 1.29 bits per heavy atom. The predicted molar refractivity (Wildman–Crippen MR) is 92.5 cm³/mol. The number of hydrogen-bond donors (Lipinski definition) is 0. The third-order valence-electron chi connectivity index (χ3n) is 4.86. The standard InChI is InChI=1S/C19H26N2O3/c1-5-17-19(13(2)20-24-17)16-7-6-10-21(16)12-14-11-15(22-3)8-9-18(14)23-4/h8-9,11,16H,5-7,10,12H2,1-4H3/t16-/m0/s1. The van der Waals surface area contributed by atoms with Crippen LogP contribution in [0.1, 0.15) is 48.4 Å². The van der Waals surface area contributed by atoms with Gasteiger partial charge in [-0.3, -0.25) is 4.90 Å². The van der Waals surface area contributed by atoms with Gasteiger partial charge in [-0.25, -0.2) is 0 Å². The van der Waals surface area contributed by atoms with Crippen molar-refractivity contribution in [2.24, 2.45) is 0 Å². The number of aromatic nitrogens is 1. The molecule has 1 atom stereocenters. The molecule has 1 aromatic heterocycles. The normalized spacial score (nSPS) is 18.1. The number of benzene rings is 1. The molecule has 5 heteroatoms. The topological polar surface area (TPSA) is 47.7 Å². The molecule has 1 aliphatic rings. The molecule has 0 saturated carbocycles. The van der Waals surface area contributed by atoms with Gasteiger partial charge in [0.05, 0.1) is 19.9 Å². The first-order chi connectivity index (χ1) is 11.7. The SMILES string of the molecule is CCc1onc(C)c1[C@@H]1CCCN1Cc1cc(OC)ccc1OC. The van der Waals surface area contributed by atoms with Gasteiger partial charge in [0.2, 0.25) is 0 Å². The van der Waals surface area contributed by atoms with Crippen molar-refractivity contribution >= 4 is 0 Å². The number of nitrogens with zero attached hydrogens (tertiary/aromatic N) is 2. The number of methoxy groups -OCH3 is 2. The fourth-order valence-electron chi connectivity index (χ4n) is 3.67. The summed E-state index contributed by atoms with van der Waals surface area (Å²) < 4.78 is 16.4. The van der Waals surface area contributed by atoms with Crippen molar-refractivity contribution in [3.8, 4) is 11.5 Å². The number of likely N-dealkylation sites (tertiary alicyclic amines) is 1. The molecule has 0 radical (unpaired) electrons. The van der Waals surface area contributed by atoms with Crippen LogP contribution in [-0.4, -0.2) is 30.8 Å². The molecule has 3 rings (SSSR count). The highest BCUT2D eigenvalue weighted by atomic mass is 16.5. The Morgan fingerprint density at radius 3 is 2.83 bits per heavy atom. The molecule has 0 unspecified atom stereocenters. The van der Waals surface area contributed by atoms with E-state index in [9.17, 15) is 0 Å². The molecule has 1 aromatic carbocycles. The van der Waals surface area contributed by atoms with E-state index in [4.69, 9.17) is 14.0 Å². The lowest BCUT2D eigenvalue weighted by Crippen LogP contribution is -2.24. The highest BCUT2D eigenvalue weighted by Crippen LogP contribution is 2.38. The number of ether oxygens (including phenoxy) is 2. The number of rotatable bonds is 6. The lowest BCUT2D eigenvalue weighted by atomic mass is 10.0. The highest BCUT2D eigenvalue weighted by molar-refractivity contribution is 5.40. The lowest BCUT2D eigenvalue weighted by Gasteiger charge is -2.25. The van der Waals surface area contributed by atoms with Gasteiger partial charge in [0.15, 0.2) is 0 Å². The fourth-order valence-corrected chi connectivity index (χ4v) is 3.67. The second-order valence-electron chi connectivity index (χ2n) is 6.26. The quantitative estimate of drug-likeness (QED) is 0.804. The molecule has 1 aliphatic heterocycles. The first kappa shape index (κ1) is 16.8. The molecule has 2 aromatic rings. The molecule has 1 saturated heterocycles. The summed E-state index contributed by atoms with van der Waals surface area (Å²) in [6.07, 6.45) is 3.20. The van der Waals surface area contributed by atoms with Gasteiger partial charge in [0, 0.05) is 30.1 Å². The molecule has 0 N–H and O–H groups in total. The van der Waals surface area contributed by atoms with Crippen molar-refractivity contribution in [1.29, 1.82) is 0 Å². The van der Waals surface area contributed by atoms with Crippen molar-refractivity contribution in [2.75, 3.05) is 20.8 Å². The molecule has 130 valence electrons. The summed E-state index contributed by atoms with van der Waals surface area (Å²) in [5.41, 5.74) is 3.44. The maximum atomic E-state index is 5.54. The average molecular weight is 330 g/mol. The molecule has 0 amide bonds. The van der Waals surface area contributed by atoms with Gasteiger partial charge in [-0.05, 0) is 44.5 Å². The van der Waals surface area contributed by atoms with Crippen LogP contribution in [0.4, 0.5) is 0 Å². The Morgan fingerprint density at radius 2 is 2.12 bits per heavy atom. The zero-order valence-corrected chi connectivity index (χ0v) is 15.0. The zero-order valence-electron chi connectivity index (χ0n) is 15.0. The lowest BCUT2D eigenvalue weighted by molar-refractivity contribution is 0.240. The van der Waals surface area contributed by atoms with Crippen LogP contribution in [0.2, 0.25) is 0 Å². The van der Waals surface area contributed by atoms with Crippen LogP contribution in [0.3, 0.4) is 0 Å². The number of aryl methyl sites for hydroxylation is 2. The zero-order chi connectivity index (χ0) is 17.1. The third kappa shape index (κ3) is 3.13. The summed E-state index contributed by atoms with van der Waals surface area (Å²) in [7, 11) is 3.41. The van der Waals surface area contributed by atoms with Crippen LogP contribution in [0.15, 0.2) is 22.7 Å². The summed E-state index contributed by atoms with van der Waals surface area (Å²) in [5.74, 6) is 2.78. The maximum absolute atomic E-state index is 5.54. The maximum Gasteiger partial charge on any atom is 0.141 e. The summed E-state index contributed by atoms with van der Waals surface area (Å²) in [6.45, 7) is 6.06. The Hall–Kier alpha value is -2.01. The largest absolute Gasteiger partial charge is 0.497 e. The predicted octanol–water partition coefficient (Wildman–Crippen LogP) is 3.90. The molecular weight excluding hydrogens is 304 g/mol. The summed E-state index contributed by atoms with van der Waals surface area (Å²) in [4.78, 5) is 2.50. The van der Waals surface area contributed by atoms with E-state index in [1.807, 2.05) is 19.1 Å². The molecule has 0 spiro atoms. The smallest absolute Gasteiger partial charge is 0.141 e. The Labute approximate surface area is 143 Å². The van der Waals surface area contributed by atoms with E-state index < -0.39 is 0 Å². The van der Waals surface area contributed by atoms with E-state index in [1.54, 1.807) is 14.2 Å². The van der Waals surface area contributed by atoms with Crippen molar-refractivity contribution < 1.29 is 14.0 Å². The van der Waals surface area contributed by atoms with E-state index >= 15 is 0 Å². The van der Waals surface area contributed by atoms with E-state index in [-0.39, 0.29) is 0 Å². The van der Waals surface area contributed by atoms with E-state index in [1.165, 1.54) is 12.0 Å². The third-order valence-corrected chi connectivity index (χ3v) is 4.86. The van der Waals surface area contributed by atoms with Crippen LogP contribution in [-0.2, 0) is 13.0 Å². The van der Waals surface area contributed by atoms with Gasteiger partial charge in [-0.1, -0.05) is 12.1 Å². The van der Waals surface area contributed by atoms with Crippen molar-refractivity contribution in [3.05, 3.63) is 40.8 Å². The second kappa shape index (κ2) is 7.26. The second-order valence-corrected chi connectivity index (χ2v) is 6.26. The summed E-state index contributed by atoms with van der Waals surface area (Å²) in [6, 6.07) is 6.34. The first-order valence-electron chi connectivity index (χ1n) is 8.57. The van der Waals surface area contributed by atoms with Gasteiger partial charge >= 0.3 is 0 Å². The van der Waals surface area contributed by atoms with Crippen LogP contribution >= 0.6 is 0 Å². The molecule has 1 fully saturated rings. The van der Waals surface area contributed by atoms with Gasteiger partial charge in [-0.2, -0.15) is 0 Å². The van der Waals surface area contributed by atoms with Gasteiger partial charge < -0.3 is 14.0 Å². The van der Waals surface area contributed by atoms with E-state index in [0.717, 1.165) is 54.4 Å².